The van der Waals surface area contributed by atoms with Crippen molar-refractivity contribution < 1.29 is 9.53 Å². The van der Waals surface area contributed by atoms with Gasteiger partial charge in [0, 0.05) is 10.9 Å². The topological polar surface area (TPSA) is 54.5 Å². The van der Waals surface area contributed by atoms with E-state index in [4.69, 9.17) is 28.6 Å². The summed E-state index contributed by atoms with van der Waals surface area (Å²) in [5, 5.41) is 4.46. The van der Waals surface area contributed by atoms with Gasteiger partial charge in [0.2, 0.25) is 0 Å². The normalized spacial score (nSPS) is 15.4. The Labute approximate surface area is 172 Å². The third-order valence-electron chi connectivity index (χ3n) is 4.47. The lowest BCUT2D eigenvalue weighted by atomic mass is 10.1. The molecular formula is C21H16ClN3O2S. The molecule has 1 aliphatic heterocycles. The van der Waals surface area contributed by atoms with E-state index < -0.39 is 0 Å². The van der Waals surface area contributed by atoms with Gasteiger partial charge in [0.15, 0.2) is 5.11 Å². The summed E-state index contributed by atoms with van der Waals surface area (Å²) in [7, 11) is 1.61. The number of methoxy groups -OCH3 is 1. The van der Waals surface area contributed by atoms with Crippen LogP contribution in [0.2, 0.25) is 5.15 Å². The number of rotatable bonds is 3. The van der Waals surface area contributed by atoms with Gasteiger partial charge in [0.1, 0.15) is 16.6 Å². The Morgan fingerprint density at radius 3 is 2.64 bits per heavy atom. The number of halogens is 1. The van der Waals surface area contributed by atoms with Crippen LogP contribution in [0.1, 0.15) is 11.1 Å². The van der Waals surface area contributed by atoms with Gasteiger partial charge in [-0.1, -0.05) is 29.3 Å². The van der Waals surface area contributed by atoms with E-state index in [0.717, 1.165) is 22.2 Å². The Morgan fingerprint density at radius 2 is 1.93 bits per heavy atom. The van der Waals surface area contributed by atoms with Crippen LogP contribution in [0.5, 0.6) is 5.75 Å². The highest BCUT2D eigenvalue weighted by atomic mass is 35.5. The third-order valence-corrected chi connectivity index (χ3v) is 5.06. The number of thiocarbonyl (C=S) groups is 1. The highest BCUT2D eigenvalue weighted by Gasteiger charge is 2.32. The summed E-state index contributed by atoms with van der Waals surface area (Å²) < 4.78 is 5.26. The molecule has 1 amide bonds. The van der Waals surface area contributed by atoms with Gasteiger partial charge in [0.25, 0.3) is 5.91 Å². The van der Waals surface area contributed by atoms with E-state index in [2.05, 4.69) is 10.3 Å². The molecule has 7 heteroatoms. The maximum absolute atomic E-state index is 12.9. The number of nitrogens with one attached hydrogen (secondary N) is 1. The number of aromatic nitrogens is 1. The van der Waals surface area contributed by atoms with E-state index in [1.807, 2.05) is 55.5 Å². The standard InChI is InChI=1S/C21H16ClN3O2S/c1-12-3-5-15(6-4-12)25-20(26)18(24-21(25)28)11-14-9-13-10-16(27-2)7-8-17(13)23-19(14)22/h3-11H,1-2H3,(H,24,28)/b18-11-. The van der Waals surface area contributed by atoms with Gasteiger partial charge in [-0.25, -0.2) is 4.98 Å². The fourth-order valence-electron chi connectivity index (χ4n) is 2.99. The first kappa shape index (κ1) is 18.4. The first-order valence-corrected chi connectivity index (χ1v) is 9.33. The Kier molecular flexibility index (Phi) is 4.75. The number of carbonyl (C=O) groups excluding carboxylic acids is 1. The van der Waals surface area contributed by atoms with E-state index >= 15 is 0 Å². The lowest BCUT2D eigenvalue weighted by Gasteiger charge is -2.14. The quantitative estimate of drug-likeness (QED) is 0.393. The molecule has 2 heterocycles. The summed E-state index contributed by atoms with van der Waals surface area (Å²) in [4.78, 5) is 18.8. The number of carbonyl (C=O) groups is 1. The van der Waals surface area contributed by atoms with E-state index in [9.17, 15) is 4.79 Å². The van der Waals surface area contributed by atoms with E-state index in [1.54, 1.807) is 13.2 Å². The fraction of sp³-hybridized carbons (Fsp3) is 0.0952. The van der Waals surface area contributed by atoms with Gasteiger partial charge in [-0.2, -0.15) is 0 Å². The molecule has 0 unspecified atom stereocenters. The van der Waals surface area contributed by atoms with Crippen LogP contribution in [0.4, 0.5) is 5.69 Å². The van der Waals surface area contributed by atoms with E-state index in [1.165, 1.54) is 4.90 Å². The largest absolute Gasteiger partial charge is 0.497 e. The summed E-state index contributed by atoms with van der Waals surface area (Å²) in [5.41, 5.74) is 3.53. The molecule has 5 nitrogen and oxygen atoms in total. The second-order valence-corrected chi connectivity index (χ2v) is 7.14. The van der Waals surface area contributed by atoms with Crippen molar-refractivity contribution in [3.63, 3.8) is 0 Å². The summed E-state index contributed by atoms with van der Waals surface area (Å²) in [6.07, 6.45) is 1.66. The van der Waals surface area contributed by atoms with Crippen LogP contribution in [0, 0.1) is 6.92 Å². The van der Waals surface area contributed by atoms with Crippen LogP contribution in [0.15, 0.2) is 54.2 Å². The predicted octanol–water partition coefficient (Wildman–Crippen LogP) is 4.47. The average Bonchev–Trinajstić information content (AvgIpc) is 2.96. The number of pyridine rings is 1. The summed E-state index contributed by atoms with van der Waals surface area (Å²) in [5.74, 6) is 0.479. The fourth-order valence-corrected chi connectivity index (χ4v) is 3.49. The average molecular weight is 410 g/mol. The summed E-state index contributed by atoms with van der Waals surface area (Å²) in [6, 6.07) is 15.0. The Balaban J connectivity index is 1.72. The molecule has 1 aromatic heterocycles. The zero-order valence-electron chi connectivity index (χ0n) is 15.2. The van der Waals surface area contributed by atoms with Gasteiger partial charge < -0.3 is 10.1 Å². The van der Waals surface area contributed by atoms with Crippen LogP contribution >= 0.6 is 23.8 Å². The molecule has 2 aromatic carbocycles. The van der Waals surface area contributed by atoms with E-state index in [-0.39, 0.29) is 5.91 Å². The molecule has 0 spiro atoms. The van der Waals surface area contributed by atoms with Gasteiger partial charge >= 0.3 is 0 Å². The number of fused-ring (bicyclic) bond motifs is 1. The van der Waals surface area contributed by atoms with Gasteiger partial charge in [-0.3, -0.25) is 9.69 Å². The van der Waals surface area contributed by atoms with Crippen LogP contribution in [-0.4, -0.2) is 23.1 Å². The molecule has 1 aliphatic rings. The van der Waals surface area contributed by atoms with Crippen molar-refractivity contribution in [2.45, 2.75) is 6.92 Å². The lowest BCUT2D eigenvalue weighted by molar-refractivity contribution is -0.113. The number of amides is 1. The third kappa shape index (κ3) is 3.32. The maximum Gasteiger partial charge on any atom is 0.281 e. The van der Waals surface area contributed by atoms with Crippen LogP contribution in [0.3, 0.4) is 0 Å². The molecule has 28 heavy (non-hydrogen) atoms. The SMILES string of the molecule is COc1ccc2nc(Cl)c(/C=C3\NC(=S)N(c4ccc(C)cc4)C3=O)cc2c1. The Morgan fingerprint density at radius 1 is 1.18 bits per heavy atom. The molecule has 0 aliphatic carbocycles. The predicted molar refractivity (Wildman–Crippen MR) is 116 cm³/mol. The number of benzene rings is 2. The van der Waals surface area contributed by atoms with Crippen LogP contribution < -0.4 is 15.0 Å². The highest BCUT2D eigenvalue weighted by molar-refractivity contribution is 7.80. The molecule has 0 saturated carbocycles. The number of anilines is 1. The van der Waals surface area contributed by atoms with Crippen molar-refractivity contribution in [1.29, 1.82) is 0 Å². The second kappa shape index (κ2) is 7.22. The Hall–Kier alpha value is -2.96. The first-order chi connectivity index (χ1) is 13.5. The number of aryl methyl sites for hydroxylation is 1. The number of nitrogens with zero attached hydrogens (tertiary/aromatic N) is 2. The molecular weight excluding hydrogens is 394 g/mol. The van der Waals surface area contributed by atoms with Crippen LogP contribution in [-0.2, 0) is 4.79 Å². The van der Waals surface area contributed by atoms with Gasteiger partial charge in [-0.05, 0) is 61.6 Å². The van der Waals surface area contributed by atoms with Gasteiger partial charge in [-0.15, -0.1) is 0 Å². The van der Waals surface area contributed by atoms with Crippen molar-refractivity contribution >= 4 is 57.5 Å². The first-order valence-electron chi connectivity index (χ1n) is 8.54. The number of hydrogen-bond donors (Lipinski definition) is 1. The zero-order chi connectivity index (χ0) is 19.8. The molecule has 0 radical (unpaired) electrons. The monoisotopic (exact) mass is 409 g/mol. The van der Waals surface area contributed by atoms with Crippen molar-refractivity contribution in [2.24, 2.45) is 0 Å². The number of ether oxygens (including phenoxy) is 1. The van der Waals surface area contributed by atoms with Crippen LogP contribution in [0.25, 0.3) is 17.0 Å². The molecule has 0 bridgehead atoms. The molecule has 1 fully saturated rings. The molecule has 4 rings (SSSR count). The van der Waals surface area contributed by atoms with Crippen molar-refractivity contribution in [2.75, 3.05) is 12.0 Å². The minimum atomic E-state index is -0.240. The molecule has 1 N–H and O–H groups in total. The zero-order valence-corrected chi connectivity index (χ0v) is 16.8. The molecule has 3 aromatic rings. The number of hydrogen-bond acceptors (Lipinski definition) is 4. The lowest BCUT2D eigenvalue weighted by Crippen LogP contribution is -2.30. The summed E-state index contributed by atoms with van der Waals surface area (Å²) >= 11 is 11.7. The molecule has 0 atom stereocenters. The minimum Gasteiger partial charge on any atom is -0.497 e. The van der Waals surface area contributed by atoms with Crippen molar-refractivity contribution in [3.05, 3.63) is 70.5 Å². The van der Waals surface area contributed by atoms with Crippen molar-refractivity contribution in [3.8, 4) is 5.75 Å². The molecule has 1 saturated heterocycles. The minimum absolute atomic E-state index is 0.240. The summed E-state index contributed by atoms with van der Waals surface area (Å²) in [6.45, 7) is 1.99. The Bertz CT molecular complexity index is 1140. The smallest absolute Gasteiger partial charge is 0.281 e. The second-order valence-electron chi connectivity index (χ2n) is 6.39. The van der Waals surface area contributed by atoms with Gasteiger partial charge in [0.05, 0.1) is 18.3 Å². The maximum atomic E-state index is 12.9. The van der Waals surface area contributed by atoms with E-state index in [0.29, 0.717) is 27.2 Å². The van der Waals surface area contributed by atoms with Crippen molar-refractivity contribution in [1.82, 2.24) is 10.3 Å². The highest BCUT2D eigenvalue weighted by Crippen LogP contribution is 2.28. The molecule has 140 valence electrons.